The Kier molecular flexibility index (Phi) is 2.08. The van der Waals surface area contributed by atoms with Gasteiger partial charge in [-0.2, -0.15) is 0 Å². The third kappa shape index (κ3) is 1.34. The molecule has 0 aliphatic carbocycles. The summed E-state index contributed by atoms with van der Waals surface area (Å²) in [6.07, 6.45) is 0. The predicted octanol–water partition coefficient (Wildman–Crippen LogP) is 2.65. The highest BCUT2D eigenvalue weighted by molar-refractivity contribution is 6.24. The van der Waals surface area contributed by atoms with Crippen LogP contribution in [0.4, 0.5) is 5.69 Å². The van der Waals surface area contributed by atoms with Gasteiger partial charge in [0.1, 0.15) is 0 Å². The normalized spacial score (nSPS) is 11.6. The van der Waals surface area contributed by atoms with Crippen LogP contribution in [0.3, 0.4) is 0 Å². The van der Waals surface area contributed by atoms with E-state index in [1.165, 1.54) is 0 Å². The van der Waals surface area contributed by atoms with Gasteiger partial charge in [0, 0.05) is 10.8 Å². The second-order valence-electron chi connectivity index (χ2n) is 4.94. The molecule has 0 fully saturated rings. The fourth-order valence-electron chi connectivity index (χ4n) is 3.00. The number of nitro groups is 1. The molecule has 0 heterocycles. The van der Waals surface area contributed by atoms with Gasteiger partial charge >= 0.3 is 11.1 Å². The Balaban J connectivity index is 2.50. The molecule has 4 aromatic rings. The monoisotopic (exact) mass is 277 g/mol. The number of nitrogens with zero attached hydrogens (tertiary/aromatic N) is 1. The lowest BCUT2D eigenvalue weighted by Crippen LogP contribution is -2.26. The number of non-ortho nitro benzene ring substituents is 1. The molecule has 0 saturated carbocycles. The van der Waals surface area contributed by atoms with Crippen molar-refractivity contribution in [1.82, 2.24) is 0 Å². The van der Waals surface area contributed by atoms with Crippen molar-refractivity contribution in [2.24, 2.45) is 0 Å². The minimum absolute atomic E-state index is 0.226. The topological polar surface area (TPSA) is 77.3 Å². The van der Waals surface area contributed by atoms with Crippen LogP contribution in [-0.2, 0) is 0 Å². The van der Waals surface area contributed by atoms with Crippen molar-refractivity contribution in [3.8, 4) is 0 Å². The molecular formula is C16H7NO4. The van der Waals surface area contributed by atoms with Crippen molar-refractivity contribution >= 4 is 38.0 Å². The Bertz CT molecular complexity index is 1130. The summed E-state index contributed by atoms with van der Waals surface area (Å²) in [5.74, 6) is 0. The van der Waals surface area contributed by atoms with Gasteiger partial charge in [-0.1, -0.05) is 30.3 Å². The van der Waals surface area contributed by atoms with Gasteiger partial charge in [-0.25, -0.2) is 0 Å². The molecule has 0 radical (unpaired) electrons. The molecular weight excluding hydrogens is 270 g/mol. The van der Waals surface area contributed by atoms with Gasteiger partial charge in [-0.15, -0.1) is 0 Å². The van der Waals surface area contributed by atoms with Crippen molar-refractivity contribution in [2.45, 2.75) is 0 Å². The van der Waals surface area contributed by atoms with Gasteiger partial charge in [0.05, 0.1) is 10.3 Å². The van der Waals surface area contributed by atoms with E-state index in [2.05, 4.69) is 0 Å². The molecule has 5 heteroatoms. The average molecular weight is 277 g/mol. The molecule has 21 heavy (non-hydrogen) atoms. The SMILES string of the molecule is O=c1c([N+](=O)[O-])c2ccc3cccc4ccc(c1=O)c2c34. The fraction of sp³-hybridized carbons (Fsp3) is 0. The van der Waals surface area contributed by atoms with E-state index in [0.717, 1.165) is 16.2 Å². The summed E-state index contributed by atoms with van der Waals surface area (Å²) < 4.78 is 0. The maximum atomic E-state index is 12.1. The van der Waals surface area contributed by atoms with Crippen LogP contribution in [0.1, 0.15) is 0 Å². The first-order chi connectivity index (χ1) is 10.1. The van der Waals surface area contributed by atoms with Crippen LogP contribution in [0.2, 0.25) is 0 Å². The summed E-state index contributed by atoms with van der Waals surface area (Å²) in [5.41, 5.74) is -2.50. The first-order valence-electron chi connectivity index (χ1n) is 6.31. The van der Waals surface area contributed by atoms with Gasteiger partial charge in [0.15, 0.2) is 0 Å². The van der Waals surface area contributed by atoms with E-state index in [1.807, 2.05) is 18.2 Å². The minimum Gasteiger partial charge on any atom is -0.285 e. The Morgan fingerprint density at radius 2 is 1.38 bits per heavy atom. The molecule has 5 nitrogen and oxygen atoms in total. The summed E-state index contributed by atoms with van der Waals surface area (Å²) in [6, 6.07) is 12.2. The average Bonchev–Trinajstić information content (AvgIpc) is 2.48. The molecule has 0 aromatic heterocycles. The molecule has 4 rings (SSSR count). The molecule has 0 aliphatic heterocycles. The molecule has 4 aromatic carbocycles. The Morgan fingerprint density at radius 3 is 2.00 bits per heavy atom. The van der Waals surface area contributed by atoms with E-state index in [9.17, 15) is 19.7 Å². The summed E-state index contributed by atoms with van der Waals surface area (Å²) in [4.78, 5) is 34.5. The Morgan fingerprint density at radius 1 is 0.762 bits per heavy atom. The zero-order valence-electron chi connectivity index (χ0n) is 10.6. The third-order valence-corrected chi connectivity index (χ3v) is 3.88. The summed E-state index contributed by atoms with van der Waals surface area (Å²) in [5, 5.41) is 14.7. The molecule has 0 bridgehead atoms. The fourth-order valence-corrected chi connectivity index (χ4v) is 3.00. The number of hydrogen-bond acceptors (Lipinski definition) is 4. The van der Waals surface area contributed by atoms with E-state index in [-0.39, 0.29) is 10.8 Å². The second-order valence-corrected chi connectivity index (χ2v) is 4.94. The molecule has 0 unspecified atom stereocenters. The van der Waals surface area contributed by atoms with E-state index < -0.39 is 21.5 Å². The van der Waals surface area contributed by atoms with Crippen LogP contribution in [0.5, 0.6) is 0 Å². The summed E-state index contributed by atoms with van der Waals surface area (Å²) in [6.45, 7) is 0. The van der Waals surface area contributed by atoms with Crippen LogP contribution in [0, 0.1) is 10.1 Å². The molecule has 100 valence electrons. The lowest BCUT2D eigenvalue weighted by atomic mass is 9.93. The molecule has 0 atom stereocenters. The smallest absolute Gasteiger partial charge is 0.285 e. The quantitative estimate of drug-likeness (QED) is 0.232. The number of benzene rings is 4. The number of rotatable bonds is 1. The van der Waals surface area contributed by atoms with Crippen molar-refractivity contribution in [3.63, 3.8) is 0 Å². The molecule has 0 spiro atoms. The van der Waals surface area contributed by atoms with Crippen LogP contribution in [-0.4, -0.2) is 4.92 Å². The number of hydrogen-bond donors (Lipinski definition) is 0. The van der Waals surface area contributed by atoms with Gasteiger partial charge in [0.25, 0.3) is 0 Å². The van der Waals surface area contributed by atoms with E-state index in [4.69, 9.17) is 0 Å². The van der Waals surface area contributed by atoms with Crippen molar-refractivity contribution in [3.05, 3.63) is 73.0 Å². The highest BCUT2D eigenvalue weighted by Gasteiger charge is 2.24. The minimum atomic E-state index is -1.05. The van der Waals surface area contributed by atoms with Crippen LogP contribution in [0.25, 0.3) is 32.3 Å². The van der Waals surface area contributed by atoms with Gasteiger partial charge < -0.3 is 0 Å². The standard InChI is InChI=1S/C16H7NO4/c18-15-11-7-5-9-3-1-2-8-4-6-10(13(11)12(8)9)14(16(15)19)17(20)21/h1-7H. The maximum absolute atomic E-state index is 12.1. The van der Waals surface area contributed by atoms with Gasteiger partial charge in [-0.3, -0.25) is 19.7 Å². The van der Waals surface area contributed by atoms with Crippen molar-refractivity contribution in [2.75, 3.05) is 0 Å². The Labute approximate surface area is 116 Å². The first kappa shape index (κ1) is 11.7. The van der Waals surface area contributed by atoms with Crippen LogP contribution in [0.15, 0.2) is 52.1 Å². The summed E-state index contributed by atoms with van der Waals surface area (Å²) in [7, 11) is 0. The highest BCUT2D eigenvalue weighted by atomic mass is 16.6. The van der Waals surface area contributed by atoms with Crippen LogP contribution >= 0.6 is 0 Å². The zero-order chi connectivity index (χ0) is 14.7. The molecule has 0 N–H and O–H groups in total. The van der Waals surface area contributed by atoms with E-state index in [1.54, 1.807) is 24.3 Å². The Hall–Kier alpha value is -3.08. The molecule has 0 aliphatic rings. The second kappa shape index (κ2) is 3.73. The van der Waals surface area contributed by atoms with Gasteiger partial charge in [0.2, 0.25) is 5.43 Å². The molecule has 0 saturated heterocycles. The maximum Gasteiger partial charge on any atom is 0.328 e. The lowest BCUT2D eigenvalue weighted by Gasteiger charge is -2.09. The molecule has 0 amide bonds. The first-order valence-corrected chi connectivity index (χ1v) is 6.31. The van der Waals surface area contributed by atoms with Crippen molar-refractivity contribution < 1.29 is 4.92 Å². The van der Waals surface area contributed by atoms with E-state index in [0.29, 0.717) is 5.39 Å². The van der Waals surface area contributed by atoms with E-state index >= 15 is 0 Å². The van der Waals surface area contributed by atoms with Crippen LogP contribution < -0.4 is 10.9 Å². The largest absolute Gasteiger partial charge is 0.328 e. The summed E-state index contributed by atoms with van der Waals surface area (Å²) >= 11 is 0. The zero-order valence-corrected chi connectivity index (χ0v) is 10.6. The number of nitro benzene ring substituents is 1. The van der Waals surface area contributed by atoms with Crippen molar-refractivity contribution in [1.29, 1.82) is 0 Å². The third-order valence-electron chi connectivity index (χ3n) is 3.88. The highest BCUT2D eigenvalue weighted by Crippen LogP contribution is 2.35. The predicted molar refractivity (Wildman–Crippen MR) is 80.5 cm³/mol. The van der Waals surface area contributed by atoms with Gasteiger partial charge in [-0.05, 0) is 28.3 Å². The lowest BCUT2D eigenvalue weighted by molar-refractivity contribution is -0.384.